The van der Waals surface area contributed by atoms with Crippen molar-refractivity contribution in [3.63, 3.8) is 0 Å². The van der Waals surface area contributed by atoms with Crippen molar-refractivity contribution in [2.24, 2.45) is 22.7 Å². The molecule has 1 rings (SSSR count). The molecule has 0 fully saturated rings. The Balaban J connectivity index is 3.63. The molecule has 0 spiro atoms. The minimum atomic E-state index is -3.26. The molecule has 0 aliphatic carbocycles. The Kier molecular flexibility index (Phi) is 8.23. The Bertz CT molecular complexity index is 587. The van der Waals surface area contributed by atoms with E-state index in [-0.39, 0.29) is 25.6 Å². The van der Waals surface area contributed by atoms with Crippen molar-refractivity contribution in [3.8, 4) is 0 Å². The van der Waals surface area contributed by atoms with E-state index in [4.69, 9.17) is 9.47 Å². The first-order valence-electron chi connectivity index (χ1n) is 8.38. The lowest BCUT2D eigenvalue weighted by atomic mass is 9.75. The summed E-state index contributed by atoms with van der Waals surface area (Å²) in [5, 5.41) is 0. The second-order valence-electron chi connectivity index (χ2n) is 6.12. The molecule has 1 aliphatic rings. The van der Waals surface area contributed by atoms with Gasteiger partial charge >= 0.3 is 11.9 Å². The Morgan fingerprint density at radius 1 is 1.04 bits per heavy atom. The smallest absolute Gasteiger partial charge is 0.336 e. The molecule has 0 saturated carbocycles. The van der Waals surface area contributed by atoms with Crippen molar-refractivity contribution in [2.45, 2.75) is 47.0 Å². The van der Waals surface area contributed by atoms with Crippen LogP contribution in [0.3, 0.4) is 0 Å². The first kappa shape index (κ1) is 22.1. The third kappa shape index (κ3) is 5.04. The van der Waals surface area contributed by atoms with Gasteiger partial charge in [0.25, 0.3) is 12.9 Å². The minimum Gasteiger partial charge on any atom is -0.465 e. The fourth-order valence-corrected chi connectivity index (χ4v) is 2.93. The molecule has 0 N–H and O–H groups in total. The average molecular weight is 381 g/mol. The van der Waals surface area contributed by atoms with Crippen LogP contribution in [-0.4, -0.2) is 43.7 Å². The van der Waals surface area contributed by atoms with Crippen molar-refractivity contribution >= 4 is 17.7 Å². The Hall–Kier alpha value is -1.93. The van der Waals surface area contributed by atoms with E-state index >= 15 is 0 Å². The van der Waals surface area contributed by atoms with E-state index in [0.717, 1.165) is 0 Å². The van der Waals surface area contributed by atoms with Crippen molar-refractivity contribution in [1.82, 2.24) is 0 Å². The molecule has 0 aromatic heterocycles. The lowest BCUT2D eigenvalue weighted by molar-refractivity contribution is -0.147. The molecule has 5 nitrogen and oxygen atoms in total. The predicted molar refractivity (Wildman–Crippen MR) is 86.2 cm³/mol. The molecule has 2 atom stereocenters. The van der Waals surface area contributed by atoms with E-state index in [0.29, 0.717) is 0 Å². The number of hydrogen-bond donors (Lipinski definition) is 0. The summed E-state index contributed by atoms with van der Waals surface area (Å²) in [4.78, 5) is 27.9. The van der Waals surface area contributed by atoms with Crippen LogP contribution in [0, 0.1) is 17.8 Å². The van der Waals surface area contributed by atoms with Crippen molar-refractivity contribution < 1.29 is 36.6 Å². The monoisotopic (exact) mass is 381 g/mol. The summed E-state index contributed by atoms with van der Waals surface area (Å²) >= 11 is 0. The largest absolute Gasteiger partial charge is 0.465 e. The van der Waals surface area contributed by atoms with E-state index in [2.05, 4.69) is 4.99 Å². The van der Waals surface area contributed by atoms with E-state index in [1.807, 2.05) is 0 Å². The molecule has 0 amide bonds. The molecule has 9 heteroatoms. The van der Waals surface area contributed by atoms with Crippen LogP contribution < -0.4 is 0 Å². The van der Waals surface area contributed by atoms with Gasteiger partial charge < -0.3 is 9.47 Å². The number of nitrogens with zero attached hydrogens (tertiary/aromatic N) is 1. The highest BCUT2D eigenvalue weighted by atomic mass is 19.3. The maximum Gasteiger partial charge on any atom is 0.336 e. The van der Waals surface area contributed by atoms with Gasteiger partial charge in [-0.05, 0) is 26.2 Å². The van der Waals surface area contributed by atoms with Crippen molar-refractivity contribution in [2.75, 3.05) is 13.2 Å². The number of allylic oxidation sites excluding steroid dienone is 1. The minimum absolute atomic E-state index is 0.0413. The molecular formula is C17H23F4NO4. The maximum absolute atomic E-state index is 13.5. The summed E-state index contributed by atoms with van der Waals surface area (Å²) in [5.74, 6) is -5.11. The van der Waals surface area contributed by atoms with Gasteiger partial charge in [-0.15, -0.1) is 0 Å². The van der Waals surface area contributed by atoms with Crippen LogP contribution in [0.2, 0.25) is 0 Å². The molecule has 26 heavy (non-hydrogen) atoms. The number of halogens is 4. The number of rotatable bonds is 8. The molecule has 148 valence electrons. The van der Waals surface area contributed by atoms with Gasteiger partial charge in [0, 0.05) is 5.92 Å². The first-order valence-corrected chi connectivity index (χ1v) is 8.38. The van der Waals surface area contributed by atoms with E-state index < -0.39 is 53.6 Å². The topological polar surface area (TPSA) is 65.0 Å². The first-order chi connectivity index (χ1) is 12.1. The molecule has 2 unspecified atom stereocenters. The van der Waals surface area contributed by atoms with Crippen LogP contribution in [0.15, 0.2) is 16.3 Å². The fourth-order valence-electron chi connectivity index (χ4n) is 2.93. The van der Waals surface area contributed by atoms with Crippen LogP contribution >= 0.6 is 0 Å². The zero-order valence-corrected chi connectivity index (χ0v) is 15.1. The molecule has 0 bridgehead atoms. The van der Waals surface area contributed by atoms with Gasteiger partial charge in [-0.1, -0.05) is 13.8 Å². The van der Waals surface area contributed by atoms with Crippen molar-refractivity contribution in [1.29, 1.82) is 0 Å². The second kappa shape index (κ2) is 9.68. The molecule has 1 aliphatic heterocycles. The molecular weight excluding hydrogens is 358 g/mol. The van der Waals surface area contributed by atoms with Gasteiger partial charge in [0.05, 0.1) is 24.5 Å². The zero-order valence-electron chi connectivity index (χ0n) is 15.1. The van der Waals surface area contributed by atoms with Gasteiger partial charge in [-0.2, -0.15) is 0 Å². The van der Waals surface area contributed by atoms with Crippen molar-refractivity contribution in [3.05, 3.63) is 11.3 Å². The number of ether oxygens (including phenoxy) is 2. The summed E-state index contributed by atoms with van der Waals surface area (Å²) < 4.78 is 63.5. The van der Waals surface area contributed by atoms with Gasteiger partial charge in [0.15, 0.2) is 0 Å². The molecule has 1 heterocycles. The number of carbonyl (C=O) groups is 2. The lowest BCUT2D eigenvalue weighted by Gasteiger charge is -2.33. The number of aliphatic imine (C=N–C) groups is 1. The number of hydrogen-bond acceptors (Lipinski definition) is 5. The number of esters is 2. The predicted octanol–water partition coefficient (Wildman–Crippen LogP) is 3.63. The second-order valence-corrected chi connectivity index (χ2v) is 6.12. The molecule has 0 radical (unpaired) electrons. The van der Waals surface area contributed by atoms with Crippen LogP contribution in [-0.2, 0) is 19.1 Å². The molecule has 0 saturated heterocycles. The van der Waals surface area contributed by atoms with E-state index in [1.165, 1.54) is 13.8 Å². The van der Waals surface area contributed by atoms with Gasteiger partial charge in [0.1, 0.15) is 11.6 Å². The van der Waals surface area contributed by atoms with Crippen LogP contribution in [0.1, 0.15) is 34.1 Å². The highest BCUT2D eigenvalue weighted by Crippen LogP contribution is 2.39. The molecule has 0 aromatic rings. The number of carbonyl (C=O) groups excluding carboxylic acids is 2. The van der Waals surface area contributed by atoms with Crippen LogP contribution in [0.4, 0.5) is 17.6 Å². The standard InChI is InChI=1S/C17H23F4NO4/c1-5-25-16(23)10-9(7-8(3)4)11(17(24)26-6-2)13(15(20)21)22-12(10)14(18)19/h8-10,14-15H,5-7H2,1-4H3. The fraction of sp³-hybridized carbons (Fsp3) is 0.706. The SMILES string of the molecule is CCOC(=O)C1=C(C(F)F)N=C(C(F)F)C(C(=O)OCC)C1CC(C)C. The third-order valence-electron chi connectivity index (χ3n) is 3.81. The highest BCUT2D eigenvalue weighted by molar-refractivity contribution is 6.08. The Morgan fingerprint density at radius 3 is 2.04 bits per heavy atom. The van der Waals surface area contributed by atoms with Gasteiger partial charge in [-0.3, -0.25) is 4.79 Å². The lowest BCUT2D eigenvalue weighted by Crippen LogP contribution is -2.43. The van der Waals surface area contributed by atoms with Gasteiger partial charge in [-0.25, -0.2) is 27.3 Å². The third-order valence-corrected chi connectivity index (χ3v) is 3.81. The summed E-state index contributed by atoms with van der Waals surface area (Å²) in [6.07, 6.45) is -6.46. The highest BCUT2D eigenvalue weighted by Gasteiger charge is 2.47. The summed E-state index contributed by atoms with van der Waals surface area (Å²) in [5.41, 5.74) is -2.60. The summed E-state index contributed by atoms with van der Waals surface area (Å²) in [7, 11) is 0. The Labute approximate surface area is 149 Å². The molecule has 0 aromatic carbocycles. The van der Waals surface area contributed by atoms with Crippen LogP contribution in [0.5, 0.6) is 0 Å². The average Bonchev–Trinajstić information content (AvgIpc) is 2.53. The summed E-state index contributed by atoms with van der Waals surface area (Å²) in [6.45, 7) is 6.24. The zero-order chi connectivity index (χ0) is 20.0. The van der Waals surface area contributed by atoms with E-state index in [9.17, 15) is 27.2 Å². The van der Waals surface area contributed by atoms with E-state index in [1.54, 1.807) is 13.8 Å². The Morgan fingerprint density at radius 2 is 1.62 bits per heavy atom. The summed E-state index contributed by atoms with van der Waals surface area (Å²) in [6, 6.07) is 0. The quantitative estimate of drug-likeness (QED) is 0.476. The van der Waals surface area contributed by atoms with Crippen LogP contribution in [0.25, 0.3) is 0 Å². The normalized spacial score (nSPS) is 20.7. The van der Waals surface area contributed by atoms with Gasteiger partial charge in [0.2, 0.25) is 0 Å². The maximum atomic E-state index is 13.5. The number of alkyl halides is 4.